The SMILES string of the molecule is Cc1ccc(S(=O)(=O)N(CC(=O)Nc2cccc3ccccc23)c2cccc(Cl)c2)cc1. The van der Waals surface area contributed by atoms with Gasteiger partial charge in [-0.15, -0.1) is 0 Å². The van der Waals surface area contributed by atoms with Crippen molar-refractivity contribution in [2.45, 2.75) is 11.8 Å². The molecule has 0 bridgehead atoms. The zero-order valence-electron chi connectivity index (χ0n) is 17.3. The number of nitrogens with zero attached hydrogens (tertiary/aromatic N) is 1. The van der Waals surface area contributed by atoms with Crippen molar-refractivity contribution in [3.05, 3.63) is 102 Å². The van der Waals surface area contributed by atoms with E-state index in [0.717, 1.165) is 20.6 Å². The predicted molar refractivity (Wildman–Crippen MR) is 130 cm³/mol. The van der Waals surface area contributed by atoms with Gasteiger partial charge in [0.2, 0.25) is 5.91 Å². The highest BCUT2D eigenvalue weighted by molar-refractivity contribution is 7.92. The molecule has 0 saturated heterocycles. The second-order valence-corrected chi connectivity index (χ2v) is 9.68. The standard InChI is InChI=1S/C25H21ClN2O3S/c1-18-12-14-22(15-13-18)32(30,31)28(21-9-5-8-20(26)16-21)17-25(29)27-24-11-4-7-19-6-2-3-10-23(19)24/h2-16H,17H2,1H3,(H,27,29). The molecule has 0 radical (unpaired) electrons. The molecule has 0 heterocycles. The van der Waals surface area contributed by atoms with Crippen molar-refractivity contribution in [2.75, 3.05) is 16.2 Å². The lowest BCUT2D eigenvalue weighted by molar-refractivity contribution is -0.114. The topological polar surface area (TPSA) is 66.5 Å². The Morgan fingerprint density at radius 2 is 1.59 bits per heavy atom. The van der Waals surface area contributed by atoms with Gasteiger partial charge in [-0.3, -0.25) is 9.10 Å². The second kappa shape index (κ2) is 9.02. The minimum Gasteiger partial charge on any atom is -0.324 e. The van der Waals surface area contributed by atoms with Crippen LogP contribution < -0.4 is 9.62 Å². The van der Waals surface area contributed by atoms with Crippen LogP contribution in [0.15, 0.2) is 95.9 Å². The Bertz CT molecular complexity index is 1380. The molecule has 0 aliphatic heterocycles. The van der Waals surface area contributed by atoms with Gasteiger partial charge in [0, 0.05) is 16.1 Å². The van der Waals surface area contributed by atoms with E-state index in [1.54, 1.807) is 36.4 Å². The van der Waals surface area contributed by atoms with E-state index < -0.39 is 22.5 Å². The number of benzene rings is 4. The fraction of sp³-hybridized carbons (Fsp3) is 0.0800. The number of aryl methyl sites for hydroxylation is 1. The lowest BCUT2D eigenvalue weighted by Gasteiger charge is -2.24. The molecule has 0 saturated carbocycles. The quantitative estimate of drug-likeness (QED) is 0.401. The van der Waals surface area contributed by atoms with Gasteiger partial charge in [0.15, 0.2) is 0 Å². The molecule has 0 aliphatic rings. The number of rotatable bonds is 6. The largest absolute Gasteiger partial charge is 0.324 e. The molecular weight excluding hydrogens is 444 g/mol. The maximum absolute atomic E-state index is 13.5. The predicted octanol–water partition coefficient (Wildman–Crippen LogP) is 5.64. The monoisotopic (exact) mass is 464 g/mol. The van der Waals surface area contributed by atoms with Crippen molar-refractivity contribution >= 4 is 49.7 Å². The van der Waals surface area contributed by atoms with Gasteiger partial charge >= 0.3 is 0 Å². The Kier molecular flexibility index (Phi) is 6.17. The summed E-state index contributed by atoms with van der Waals surface area (Å²) in [6, 6.07) is 26.2. The van der Waals surface area contributed by atoms with Crippen molar-refractivity contribution in [3.63, 3.8) is 0 Å². The van der Waals surface area contributed by atoms with Gasteiger partial charge in [0.1, 0.15) is 6.54 Å². The Morgan fingerprint density at radius 1 is 0.906 bits per heavy atom. The van der Waals surface area contributed by atoms with Gasteiger partial charge in [0.05, 0.1) is 10.6 Å². The molecule has 7 heteroatoms. The first-order valence-electron chi connectivity index (χ1n) is 9.97. The van der Waals surface area contributed by atoms with E-state index in [-0.39, 0.29) is 4.90 Å². The highest BCUT2D eigenvalue weighted by Crippen LogP contribution is 2.27. The van der Waals surface area contributed by atoms with Gasteiger partial charge in [-0.1, -0.05) is 71.8 Å². The van der Waals surface area contributed by atoms with Crippen molar-refractivity contribution in [1.29, 1.82) is 0 Å². The normalized spacial score (nSPS) is 11.3. The number of hydrogen-bond acceptors (Lipinski definition) is 3. The van der Waals surface area contributed by atoms with E-state index in [4.69, 9.17) is 11.6 Å². The molecular formula is C25H21ClN2O3S. The van der Waals surface area contributed by atoms with Crippen LogP contribution in [0.4, 0.5) is 11.4 Å². The number of sulfonamides is 1. The summed E-state index contributed by atoms with van der Waals surface area (Å²) in [6.45, 7) is 1.47. The van der Waals surface area contributed by atoms with Gasteiger partial charge in [-0.05, 0) is 48.7 Å². The molecule has 0 fully saturated rings. The lowest BCUT2D eigenvalue weighted by atomic mass is 10.1. The molecule has 0 spiro atoms. The van der Waals surface area contributed by atoms with Crippen LogP contribution in [0.5, 0.6) is 0 Å². The van der Waals surface area contributed by atoms with Crippen LogP contribution in [-0.4, -0.2) is 20.9 Å². The van der Waals surface area contributed by atoms with Crippen molar-refractivity contribution < 1.29 is 13.2 Å². The van der Waals surface area contributed by atoms with Gasteiger partial charge in [-0.25, -0.2) is 8.42 Å². The first kappa shape index (κ1) is 21.9. The van der Waals surface area contributed by atoms with Crippen molar-refractivity contribution in [2.24, 2.45) is 0 Å². The average Bonchev–Trinajstić information content (AvgIpc) is 2.78. The zero-order chi connectivity index (χ0) is 22.7. The summed E-state index contributed by atoms with van der Waals surface area (Å²) < 4.78 is 28.0. The Hall–Kier alpha value is -3.35. The molecule has 0 aromatic heterocycles. The van der Waals surface area contributed by atoms with E-state index in [2.05, 4.69) is 5.32 Å². The van der Waals surface area contributed by atoms with Crippen LogP contribution >= 0.6 is 11.6 Å². The van der Waals surface area contributed by atoms with Crippen LogP contribution in [0.3, 0.4) is 0 Å². The third-order valence-corrected chi connectivity index (χ3v) is 7.08. The molecule has 4 aromatic rings. The lowest BCUT2D eigenvalue weighted by Crippen LogP contribution is -2.38. The maximum Gasteiger partial charge on any atom is 0.264 e. The number of nitrogens with one attached hydrogen (secondary N) is 1. The number of carbonyl (C=O) groups excluding carboxylic acids is 1. The van der Waals surface area contributed by atoms with E-state index in [1.807, 2.05) is 43.3 Å². The highest BCUT2D eigenvalue weighted by Gasteiger charge is 2.27. The van der Waals surface area contributed by atoms with Crippen LogP contribution in [0.2, 0.25) is 5.02 Å². The fourth-order valence-corrected chi connectivity index (χ4v) is 5.04. The molecule has 32 heavy (non-hydrogen) atoms. The first-order valence-corrected chi connectivity index (χ1v) is 11.8. The Morgan fingerprint density at radius 3 is 2.34 bits per heavy atom. The van der Waals surface area contributed by atoms with Crippen molar-refractivity contribution in [1.82, 2.24) is 0 Å². The summed E-state index contributed by atoms with van der Waals surface area (Å²) >= 11 is 6.12. The summed E-state index contributed by atoms with van der Waals surface area (Å²) in [5.41, 5.74) is 1.87. The van der Waals surface area contributed by atoms with E-state index in [0.29, 0.717) is 16.4 Å². The Balaban J connectivity index is 1.69. The number of halogens is 1. The minimum absolute atomic E-state index is 0.0982. The van der Waals surface area contributed by atoms with E-state index >= 15 is 0 Å². The van der Waals surface area contributed by atoms with Crippen LogP contribution in [-0.2, 0) is 14.8 Å². The zero-order valence-corrected chi connectivity index (χ0v) is 18.9. The molecule has 0 atom stereocenters. The molecule has 162 valence electrons. The molecule has 0 aliphatic carbocycles. The van der Waals surface area contributed by atoms with Crippen molar-refractivity contribution in [3.8, 4) is 0 Å². The summed E-state index contributed by atoms with van der Waals surface area (Å²) in [5.74, 6) is -0.461. The summed E-state index contributed by atoms with van der Waals surface area (Å²) in [7, 11) is -4.00. The van der Waals surface area contributed by atoms with Gasteiger partial charge in [-0.2, -0.15) is 0 Å². The molecule has 1 amide bonds. The van der Waals surface area contributed by atoms with E-state index in [9.17, 15) is 13.2 Å². The van der Waals surface area contributed by atoms with Gasteiger partial charge in [0.25, 0.3) is 10.0 Å². The van der Waals surface area contributed by atoms with Crippen LogP contribution in [0.25, 0.3) is 10.8 Å². The number of carbonyl (C=O) groups is 1. The molecule has 4 rings (SSSR count). The average molecular weight is 465 g/mol. The first-order chi connectivity index (χ1) is 15.3. The number of anilines is 2. The summed E-state index contributed by atoms with van der Waals surface area (Å²) in [6.07, 6.45) is 0. The second-order valence-electron chi connectivity index (χ2n) is 7.38. The Labute approximate surface area is 192 Å². The summed E-state index contributed by atoms with van der Waals surface area (Å²) in [5, 5.41) is 5.08. The third-order valence-electron chi connectivity index (χ3n) is 5.06. The molecule has 0 unspecified atom stereocenters. The van der Waals surface area contributed by atoms with Crippen LogP contribution in [0.1, 0.15) is 5.56 Å². The highest BCUT2D eigenvalue weighted by atomic mass is 35.5. The van der Waals surface area contributed by atoms with Gasteiger partial charge < -0.3 is 5.32 Å². The molecule has 4 aromatic carbocycles. The smallest absolute Gasteiger partial charge is 0.264 e. The van der Waals surface area contributed by atoms with E-state index in [1.165, 1.54) is 18.2 Å². The fourth-order valence-electron chi connectivity index (χ4n) is 3.44. The molecule has 1 N–H and O–H groups in total. The third kappa shape index (κ3) is 4.61. The maximum atomic E-state index is 13.5. The van der Waals surface area contributed by atoms with Crippen LogP contribution in [0, 0.1) is 6.92 Å². The number of hydrogen-bond donors (Lipinski definition) is 1. The minimum atomic E-state index is -4.00. The number of fused-ring (bicyclic) bond motifs is 1. The number of amides is 1. The molecule has 5 nitrogen and oxygen atoms in total. The summed E-state index contributed by atoms with van der Waals surface area (Å²) in [4.78, 5) is 13.1.